The Labute approximate surface area is 116 Å². The first-order chi connectivity index (χ1) is 9.30. The molecule has 0 saturated heterocycles. The number of benzene rings is 1. The summed E-state index contributed by atoms with van der Waals surface area (Å²) < 4.78 is 0. The molecule has 0 fully saturated rings. The van der Waals surface area contributed by atoms with E-state index in [-0.39, 0.29) is 0 Å². The zero-order valence-electron chi connectivity index (χ0n) is 12.3. The van der Waals surface area contributed by atoms with E-state index in [2.05, 4.69) is 53.3 Å². The quantitative estimate of drug-likeness (QED) is 0.665. The smallest absolute Gasteiger partial charge is 0.198 e. The fourth-order valence-corrected chi connectivity index (χ4v) is 2.67. The number of para-hydroxylation sites is 1. The van der Waals surface area contributed by atoms with Crippen molar-refractivity contribution >= 4 is 11.6 Å². The molecule has 3 nitrogen and oxygen atoms in total. The van der Waals surface area contributed by atoms with Crippen molar-refractivity contribution in [1.82, 2.24) is 5.32 Å². The normalized spacial score (nSPS) is 14.9. The largest absolute Gasteiger partial charge is 0.356 e. The van der Waals surface area contributed by atoms with Gasteiger partial charge in [-0.2, -0.15) is 0 Å². The van der Waals surface area contributed by atoms with Crippen molar-refractivity contribution in [2.24, 2.45) is 10.9 Å². The third-order valence-electron chi connectivity index (χ3n) is 4.06. The van der Waals surface area contributed by atoms with Crippen molar-refractivity contribution in [3.8, 4) is 0 Å². The highest BCUT2D eigenvalue weighted by Crippen LogP contribution is 2.27. The molecule has 1 heterocycles. The first-order valence-corrected chi connectivity index (χ1v) is 7.36. The number of anilines is 1. The Bertz CT molecular complexity index is 435. The molecule has 0 unspecified atom stereocenters. The third kappa shape index (κ3) is 3.09. The van der Waals surface area contributed by atoms with Crippen molar-refractivity contribution in [2.45, 2.75) is 33.1 Å². The van der Waals surface area contributed by atoms with Gasteiger partial charge in [-0.15, -0.1) is 0 Å². The number of rotatable bonds is 4. The minimum Gasteiger partial charge on any atom is -0.356 e. The van der Waals surface area contributed by atoms with Crippen LogP contribution >= 0.6 is 0 Å². The summed E-state index contributed by atoms with van der Waals surface area (Å²) in [4.78, 5) is 6.74. The van der Waals surface area contributed by atoms with Crippen LogP contribution in [-0.2, 0) is 6.42 Å². The summed E-state index contributed by atoms with van der Waals surface area (Å²) in [6.07, 6.45) is 3.55. The monoisotopic (exact) mass is 259 g/mol. The van der Waals surface area contributed by atoms with E-state index in [0.29, 0.717) is 0 Å². The molecule has 19 heavy (non-hydrogen) atoms. The van der Waals surface area contributed by atoms with Crippen LogP contribution in [-0.4, -0.2) is 26.1 Å². The maximum atomic E-state index is 4.44. The molecule has 0 spiro atoms. The van der Waals surface area contributed by atoms with Crippen LogP contribution in [0.2, 0.25) is 0 Å². The van der Waals surface area contributed by atoms with Gasteiger partial charge < -0.3 is 10.2 Å². The van der Waals surface area contributed by atoms with Gasteiger partial charge in [-0.1, -0.05) is 44.9 Å². The van der Waals surface area contributed by atoms with Crippen LogP contribution < -0.4 is 10.2 Å². The molecule has 0 amide bonds. The van der Waals surface area contributed by atoms with Crippen LogP contribution in [0.3, 0.4) is 0 Å². The van der Waals surface area contributed by atoms with E-state index in [0.717, 1.165) is 31.4 Å². The molecular formula is C16H25N3. The first-order valence-electron chi connectivity index (χ1n) is 7.36. The SMILES string of the molecule is CCC(CC)CNC(=NC)N1CCc2ccccc21. The molecular weight excluding hydrogens is 234 g/mol. The van der Waals surface area contributed by atoms with Gasteiger partial charge in [0.25, 0.3) is 0 Å². The lowest BCUT2D eigenvalue weighted by Crippen LogP contribution is -2.42. The van der Waals surface area contributed by atoms with Gasteiger partial charge in [0.2, 0.25) is 0 Å². The van der Waals surface area contributed by atoms with Crippen LogP contribution in [0.5, 0.6) is 0 Å². The molecule has 2 rings (SSSR count). The lowest BCUT2D eigenvalue weighted by Gasteiger charge is -2.24. The number of hydrogen-bond donors (Lipinski definition) is 1. The highest BCUT2D eigenvalue weighted by molar-refractivity contribution is 5.97. The van der Waals surface area contributed by atoms with Gasteiger partial charge in [-0.25, -0.2) is 0 Å². The van der Waals surface area contributed by atoms with Crippen LogP contribution in [0, 0.1) is 5.92 Å². The second kappa shape index (κ2) is 6.60. The van der Waals surface area contributed by atoms with Crippen molar-refractivity contribution in [1.29, 1.82) is 0 Å². The summed E-state index contributed by atoms with van der Waals surface area (Å²) >= 11 is 0. The van der Waals surface area contributed by atoms with E-state index < -0.39 is 0 Å². The predicted octanol–water partition coefficient (Wildman–Crippen LogP) is 3.06. The predicted molar refractivity (Wildman–Crippen MR) is 82.9 cm³/mol. The number of nitrogens with zero attached hydrogens (tertiary/aromatic N) is 2. The van der Waals surface area contributed by atoms with Gasteiger partial charge in [0.05, 0.1) is 0 Å². The van der Waals surface area contributed by atoms with Gasteiger partial charge in [0.1, 0.15) is 0 Å². The molecule has 0 saturated carbocycles. The summed E-state index contributed by atoms with van der Waals surface area (Å²) in [6, 6.07) is 8.61. The summed E-state index contributed by atoms with van der Waals surface area (Å²) in [7, 11) is 1.87. The second-order valence-electron chi connectivity index (χ2n) is 5.14. The Hall–Kier alpha value is -1.51. The fourth-order valence-electron chi connectivity index (χ4n) is 2.67. The van der Waals surface area contributed by atoms with E-state index in [9.17, 15) is 0 Å². The van der Waals surface area contributed by atoms with Crippen molar-refractivity contribution < 1.29 is 0 Å². The van der Waals surface area contributed by atoms with E-state index >= 15 is 0 Å². The molecule has 0 radical (unpaired) electrons. The lowest BCUT2D eigenvalue weighted by molar-refractivity contribution is 0.483. The topological polar surface area (TPSA) is 27.6 Å². The molecule has 0 aliphatic carbocycles. The van der Waals surface area contributed by atoms with Gasteiger partial charge in [-0.3, -0.25) is 4.99 Å². The van der Waals surface area contributed by atoms with Gasteiger partial charge in [0, 0.05) is 25.8 Å². The molecule has 1 aromatic rings. The van der Waals surface area contributed by atoms with E-state index in [1.807, 2.05) is 7.05 Å². The molecule has 0 atom stereocenters. The average molecular weight is 259 g/mol. The van der Waals surface area contributed by atoms with Gasteiger partial charge in [-0.05, 0) is 24.0 Å². The van der Waals surface area contributed by atoms with Crippen LogP contribution in [0.15, 0.2) is 29.3 Å². The number of fused-ring (bicyclic) bond motifs is 1. The van der Waals surface area contributed by atoms with Crippen LogP contribution in [0.4, 0.5) is 5.69 Å². The Balaban J connectivity index is 2.04. The van der Waals surface area contributed by atoms with Gasteiger partial charge >= 0.3 is 0 Å². The van der Waals surface area contributed by atoms with Crippen molar-refractivity contribution in [2.75, 3.05) is 25.0 Å². The molecule has 104 valence electrons. The lowest BCUT2D eigenvalue weighted by atomic mass is 10.0. The Kier molecular flexibility index (Phi) is 4.83. The van der Waals surface area contributed by atoms with Crippen molar-refractivity contribution in [3.63, 3.8) is 0 Å². The molecule has 0 bridgehead atoms. The number of guanidine groups is 1. The molecule has 1 N–H and O–H groups in total. The summed E-state index contributed by atoms with van der Waals surface area (Å²) in [5, 5.41) is 3.53. The first kappa shape index (κ1) is 13.9. The molecule has 0 aromatic heterocycles. The van der Waals surface area contributed by atoms with Crippen LogP contribution in [0.25, 0.3) is 0 Å². The highest BCUT2D eigenvalue weighted by Gasteiger charge is 2.22. The third-order valence-corrected chi connectivity index (χ3v) is 4.06. The minimum atomic E-state index is 0.731. The Morgan fingerprint density at radius 3 is 2.74 bits per heavy atom. The molecule has 1 aromatic carbocycles. The number of nitrogens with one attached hydrogen (secondary N) is 1. The maximum Gasteiger partial charge on any atom is 0.198 e. The van der Waals surface area contributed by atoms with Gasteiger partial charge in [0.15, 0.2) is 5.96 Å². The zero-order valence-corrected chi connectivity index (χ0v) is 12.3. The summed E-state index contributed by atoms with van der Waals surface area (Å²) in [6.45, 7) is 6.55. The minimum absolute atomic E-state index is 0.731. The summed E-state index contributed by atoms with van der Waals surface area (Å²) in [5.74, 6) is 1.74. The Morgan fingerprint density at radius 2 is 2.05 bits per heavy atom. The van der Waals surface area contributed by atoms with Crippen LogP contribution in [0.1, 0.15) is 32.3 Å². The maximum absolute atomic E-state index is 4.44. The van der Waals surface area contributed by atoms with E-state index in [1.54, 1.807) is 0 Å². The number of aliphatic imine (C=N–C) groups is 1. The summed E-state index contributed by atoms with van der Waals surface area (Å²) in [5.41, 5.74) is 2.73. The standard InChI is InChI=1S/C16H25N3/c1-4-13(5-2)12-18-16(17-3)19-11-10-14-8-6-7-9-15(14)19/h6-9,13H,4-5,10-12H2,1-3H3,(H,17,18). The van der Waals surface area contributed by atoms with Crippen molar-refractivity contribution in [3.05, 3.63) is 29.8 Å². The Morgan fingerprint density at radius 1 is 1.32 bits per heavy atom. The van der Waals surface area contributed by atoms with E-state index in [1.165, 1.54) is 24.1 Å². The number of hydrogen-bond acceptors (Lipinski definition) is 1. The molecule has 3 heteroatoms. The highest BCUT2D eigenvalue weighted by atomic mass is 15.3. The zero-order chi connectivity index (χ0) is 13.7. The fraction of sp³-hybridized carbons (Fsp3) is 0.562. The van der Waals surface area contributed by atoms with E-state index in [4.69, 9.17) is 0 Å². The molecule has 1 aliphatic heterocycles. The molecule has 1 aliphatic rings. The second-order valence-corrected chi connectivity index (χ2v) is 5.14. The average Bonchev–Trinajstić information content (AvgIpc) is 2.88.